The van der Waals surface area contributed by atoms with E-state index in [4.69, 9.17) is 74.8 Å². The van der Waals surface area contributed by atoms with Gasteiger partial charge in [-0.3, -0.25) is 24.4 Å². The van der Waals surface area contributed by atoms with Gasteiger partial charge in [0, 0.05) is 114 Å². The number of carbonyl (C=O) groups excluding carboxylic acids is 2. The summed E-state index contributed by atoms with van der Waals surface area (Å²) in [6.07, 6.45) is 9.36. The quantitative estimate of drug-likeness (QED) is 0.0355. The molecule has 2 aliphatic carbocycles. The number of hydrogen-bond donors (Lipinski definition) is 3. The van der Waals surface area contributed by atoms with Gasteiger partial charge in [0.15, 0.2) is 9.84 Å². The molecule has 2 aliphatic heterocycles. The van der Waals surface area contributed by atoms with Crippen molar-refractivity contribution in [3.8, 4) is 11.5 Å². The number of benzene rings is 4. The van der Waals surface area contributed by atoms with E-state index in [0.717, 1.165) is 106 Å². The van der Waals surface area contributed by atoms with Gasteiger partial charge in [0.2, 0.25) is 10.0 Å². The maximum atomic E-state index is 13.3. The van der Waals surface area contributed by atoms with Gasteiger partial charge in [-0.05, 0) is 203 Å². The van der Waals surface area contributed by atoms with Gasteiger partial charge in [-0.1, -0.05) is 52.8 Å². The van der Waals surface area contributed by atoms with Gasteiger partial charge in [-0.25, -0.2) is 26.4 Å². The number of urea groups is 1. The summed E-state index contributed by atoms with van der Waals surface area (Å²) in [6.45, 7) is 15.8. The van der Waals surface area contributed by atoms with E-state index in [-0.39, 0.29) is 84.6 Å². The Morgan fingerprint density at radius 3 is 1.52 bits per heavy atom. The van der Waals surface area contributed by atoms with Crippen LogP contribution in [0.25, 0.3) is 0 Å². The second-order valence-electron chi connectivity index (χ2n) is 25.7. The average Bonchev–Trinajstić information content (AvgIpc) is 1.62. The summed E-state index contributed by atoms with van der Waals surface area (Å²) in [5.74, 6) is 1.22. The fraction of sp³-hybridized carbons (Fsp3) is 0.623. The lowest BCUT2D eigenvalue weighted by Gasteiger charge is -2.43. The van der Waals surface area contributed by atoms with Crippen LogP contribution in [0.2, 0.25) is 20.1 Å². The molecule has 0 aromatic heterocycles. The summed E-state index contributed by atoms with van der Waals surface area (Å²) in [4.78, 5) is 34.9. The molecule has 4 aliphatic rings. The lowest BCUT2D eigenvalue weighted by atomic mass is 9.99. The minimum atomic E-state index is -3.81. The number of nitrogens with zero attached hydrogens (tertiary/aromatic N) is 4. The van der Waals surface area contributed by atoms with Crippen LogP contribution < -0.4 is 24.8 Å². The van der Waals surface area contributed by atoms with Crippen molar-refractivity contribution >= 4 is 78.1 Å². The first-order valence-corrected chi connectivity index (χ1v) is 38.2. The van der Waals surface area contributed by atoms with E-state index >= 15 is 0 Å². The summed E-state index contributed by atoms with van der Waals surface area (Å²) in [5, 5.41) is 7.95. The number of ether oxygens (including phenoxy) is 6. The van der Waals surface area contributed by atoms with Gasteiger partial charge in [0.1, 0.15) is 29.5 Å². The number of sulfonamides is 1. The van der Waals surface area contributed by atoms with Crippen LogP contribution in [0.1, 0.15) is 133 Å². The second kappa shape index (κ2) is 37.3. The number of likely N-dealkylation sites (tertiary alicyclic amines) is 2. The number of fused-ring (bicyclic) bond motifs is 2. The standard InChI is InChI=1S/C69H99Cl4N7O12S2/c1-48(2)77(5)52-14-10-29-79(46-52)65-44-59-61(40-50(70)42-63(59)72)67(65)91-55-18-22-57(23-19-55)93(83,84)39-13-32-88-36-37-89-33-27-75-69(82)74-26-9-7-8-16-54(81)17-12-31-87-35-38-90-34-28-76-94(85,86)58-24-20-56(21-25-58)92-68-62-41-51(71)43-64(73)60(62)45-66(68)80-30-11-15-53(47-80)78(6)49(3)4/h18-25,40-43,48-49,52-53,65-68,76H,7-17,26-39,44-47H2,1-6H3,(H2,74,75,82)/t52-,53-,65+,66+,67+,68+/m1/s1. The first-order chi connectivity index (χ1) is 45.1. The van der Waals surface area contributed by atoms with Crippen molar-refractivity contribution < 1.29 is 54.8 Å². The maximum absolute atomic E-state index is 13.3. The predicted molar refractivity (Wildman–Crippen MR) is 372 cm³/mol. The van der Waals surface area contributed by atoms with Gasteiger partial charge < -0.3 is 39.1 Å². The first kappa shape index (κ1) is 75.9. The van der Waals surface area contributed by atoms with E-state index in [0.29, 0.717) is 121 Å². The van der Waals surface area contributed by atoms with E-state index in [9.17, 15) is 26.4 Å². The number of carbonyl (C=O) groups is 2. The summed E-state index contributed by atoms with van der Waals surface area (Å²) < 4.78 is 91.3. The third-order valence-corrected chi connectivity index (χ3v) is 23.0. The number of likely N-dealkylation sites (N-methyl/N-ethyl adjacent to an activating group) is 2. The molecule has 94 heavy (non-hydrogen) atoms. The number of ketones is 1. The second-order valence-corrected chi connectivity index (χ2v) is 31.3. The molecule has 2 amide bonds. The van der Waals surface area contributed by atoms with Crippen LogP contribution in [-0.4, -0.2) is 203 Å². The van der Waals surface area contributed by atoms with Crippen LogP contribution in [0.4, 0.5) is 4.79 Å². The Balaban J connectivity index is 0.595. The van der Waals surface area contributed by atoms with Gasteiger partial charge in [0.05, 0.1) is 67.3 Å². The van der Waals surface area contributed by atoms with Crippen molar-refractivity contribution in [3.63, 3.8) is 0 Å². The minimum absolute atomic E-state index is 0.0451. The number of rotatable bonds is 39. The van der Waals surface area contributed by atoms with Crippen molar-refractivity contribution in [3.05, 3.63) is 115 Å². The molecule has 4 aromatic rings. The molecule has 4 aromatic carbocycles. The lowest BCUT2D eigenvalue weighted by molar-refractivity contribution is -0.119. The number of amides is 2. The third kappa shape index (κ3) is 22.3. The normalized spacial score (nSPS) is 20.3. The Morgan fingerprint density at radius 2 is 1.01 bits per heavy atom. The highest BCUT2D eigenvalue weighted by atomic mass is 35.5. The first-order valence-electron chi connectivity index (χ1n) is 33.6. The van der Waals surface area contributed by atoms with Crippen LogP contribution in [0.5, 0.6) is 11.5 Å². The largest absolute Gasteiger partial charge is 0.484 e. The molecule has 0 unspecified atom stereocenters. The Labute approximate surface area is 578 Å². The van der Waals surface area contributed by atoms with Crippen molar-refractivity contribution in [2.75, 3.05) is 119 Å². The highest BCUT2D eigenvalue weighted by molar-refractivity contribution is 7.91. The fourth-order valence-electron chi connectivity index (χ4n) is 13.0. The number of halogens is 4. The van der Waals surface area contributed by atoms with Crippen LogP contribution >= 0.6 is 46.4 Å². The van der Waals surface area contributed by atoms with E-state index in [1.165, 1.54) is 0 Å². The van der Waals surface area contributed by atoms with Crippen molar-refractivity contribution in [1.29, 1.82) is 0 Å². The molecule has 0 radical (unpaired) electrons. The number of Topliss-reactive ketones (excluding diaryl/α,β-unsaturated/α-hetero) is 1. The van der Waals surface area contributed by atoms with Crippen LogP contribution in [0, 0.1) is 0 Å². The van der Waals surface area contributed by atoms with Crippen LogP contribution in [0.3, 0.4) is 0 Å². The fourth-order valence-corrected chi connectivity index (χ4v) is 16.5. The summed E-state index contributed by atoms with van der Waals surface area (Å²) in [7, 11) is -2.99. The van der Waals surface area contributed by atoms with Gasteiger partial charge >= 0.3 is 6.03 Å². The molecule has 6 atom stereocenters. The molecule has 8 rings (SSSR count). The average molecular weight is 1420 g/mol. The zero-order valence-electron chi connectivity index (χ0n) is 55.6. The lowest BCUT2D eigenvalue weighted by Crippen LogP contribution is -2.53. The number of hydrogen-bond acceptors (Lipinski definition) is 16. The minimum Gasteiger partial charge on any atom is -0.484 e. The number of sulfone groups is 1. The van der Waals surface area contributed by atoms with Crippen molar-refractivity contribution in [2.24, 2.45) is 0 Å². The SMILES string of the molecule is CC(C)N(C)[C@@H]1CCCN([C@H]2Cc3c(Cl)cc(Cl)cc3[C@@H]2Oc2ccc(S(=O)(=O)CCCOCCOCCNC(=O)NCCCCCC(=O)CCCOCCOCCNS(=O)(=O)c3ccc(O[C@H]4c5cc(Cl)cc(Cl)c5C[C@@H]4N4CCC[C@@H](N(C)C(C)C)C4)cc3)cc2)C1. The van der Waals surface area contributed by atoms with Gasteiger partial charge in [-0.15, -0.1) is 0 Å². The van der Waals surface area contributed by atoms with E-state index in [2.05, 4.69) is 76.7 Å². The van der Waals surface area contributed by atoms with Gasteiger partial charge in [-0.2, -0.15) is 0 Å². The number of piperidine rings is 2. The zero-order chi connectivity index (χ0) is 67.4. The number of nitrogens with one attached hydrogen (secondary N) is 3. The molecular weight excluding hydrogens is 1320 g/mol. The Bertz CT molecular complexity index is 3070. The number of unbranched alkanes of at least 4 members (excludes halogenated alkanes) is 2. The molecule has 2 saturated heterocycles. The Morgan fingerprint density at radius 1 is 0.553 bits per heavy atom. The molecule has 19 nitrogen and oxygen atoms in total. The summed E-state index contributed by atoms with van der Waals surface area (Å²) >= 11 is 26.5. The predicted octanol–water partition coefficient (Wildman–Crippen LogP) is 11.4. The molecular formula is C69H99Cl4N7O12S2. The van der Waals surface area contributed by atoms with E-state index < -0.39 is 19.9 Å². The monoisotopic (exact) mass is 1420 g/mol. The summed E-state index contributed by atoms with van der Waals surface area (Å²) in [5.41, 5.74) is 4.01. The Kier molecular flexibility index (Phi) is 30.2. The highest BCUT2D eigenvalue weighted by Gasteiger charge is 2.43. The smallest absolute Gasteiger partial charge is 0.314 e. The molecule has 0 bridgehead atoms. The van der Waals surface area contributed by atoms with Crippen molar-refractivity contribution in [1.82, 2.24) is 35.0 Å². The molecule has 0 saturated carbocycles. The molecule has 522 valence electrons. The van der Waals surface area contributed by atoms with E-state index in [1.54, 1.807) is 60.7 Å². The molecule has 25 heteroatoms. The Hall–Kier alpha value is -3.88. The van der Waals surface area contributed by atoms with Crippen LogP contribution in [-0.2, 0) is 56.4 Å². The molecule has 3 N–H and O–H groups in total. The summed E-state index contributed by atoms with van der Waals surface area (Å²) in [6, 6.07) is 22.1. The third-order valence-electron chi connectivity index (χ3n) is 18.6. The van der Waals surface area contributed by atoms with Crippen LogP contribution in [0.15, 0.2) is 82.6 Å². The topological polar surface area (TPSA) is 207 Å². The van der Waals surface area contributed by atoms with Crippen molar-refractivity contribution in [2.45, 2.75) is 169 Å². The zero-order valence-corrected chi connectivity index (χ0v) is 60.2. The molecule has 2 fully saturated rings. The van der Waals surface area contributed by atoms with E-state index in [1.807, 2.05) is 12.1 Å². The maximum Gasteiger partial charge on any atom is 0.314 e. The molecule has 0 spiro atoms. The molecule has 2 heterocycles. The van der Waals surface area contributed by atoms with Gasteiger partial charge in [0.25, 0.3) is 0 Å². The highest BCUT2D eigenvalue weighted by Crippen LogP contribution is 2.45.